The molecular formula is C17H28N2O2. The van der Waals surface area contributed by atoms with Crippen LogP contribution in [0.15, 0.2) is 24.3 Å². The van der Waals surface area contributed by atoms with Gasteiger partial charge in [0, 0.05) is 12.1 Å². The van der Waals surface area contributed by atoms with Crippen molar-refractivity contribution in [3.05, 3.63) is 29.8 Å². The van der Waals surface area contributed by atoms with Gasteiger partial charge in [-0.15, -0.1) is 0 Å². The molecule has 1 aromatic rings. The Hall–Kier alpha value is -1.55. The Balaban J connectivity index is 2.33. The van der Waals surface area contributed by atoms with E-state index in [2.05, 4.69) is 12.2 Å². The predicted octanol–water partition coefficient (Wildman–Crippen LogP) is 2.65. The number of rotatable bonds is 9. The molecule has 0 aliphatic carbocycles. The zero-order chi connectivity index (χ0) is 15.7. The highest BCUT2D eigenvalue weighted by atomic mass is 16.5. The monoisotopic (exact) mass is 292 g/mol. The van der Waals surface area contributed by atoms with Gasteiger partial charge in [0.2, 0.25) is 0 Å². The van der Waals surface area contributed by atoms with Crippen molar-refractivity contribution in [2.45, 2.75) is 58.5 Å². The molecule has 118 valence electrons. The lowest BCUT2D eigenvalue weighted by Gasteiger charge is -2.13. The Morgan fingerprint density at radius 1 is 1.24 bits per heavy atom. The van der Waals surface area contributed by atoms with E-state index in [0.29, 0.717) is 0 Å². The molecule has 4 nitrogen and oxygen atoms in total. The first-order chi connectivity index (χ1) is 10.0. The molecule has 2 atom stereocenters. The van der Waals surface area contributed by atoms with E-state index in [9.17, 15) is 4.79 Å². The van der Waals surface area contributed by atoms with E-state index in [0.717, 1.165) is 31.4 Å². The Morgan fingerprint density at radius 3 is 2.48 bits per heavy atom. The summed E-state index contributed by atoms with van der Waals surface area (Å²) in [4.78, 5) is 11.7. The van der Waals surface area contributed by atoms with Gasteiger partial charge in [0.05, 0.1) is 0 Å². The Morgan fingerprint density at radius 2 is 1.90 bits per heavy atom. The molecule has 0 heterocycles. The molecule has 0 aliphatic rings. The number of nitrogens with two attached hydrogens (primary N) is 1. The van der Waals surface area contributed by atoms with Crippen LogP contribution in [0, 0.1) is 0 Å². The molecule has 21 heavy (non-hydrogen) atoms. The van der Waals surface area contributed by atoms with Gasteiger partial charge in [-0.1, -0.05) is 25.5 Å². The minimum atomic E-state index is -0.0722. The van der Waals surface area contributed by atoms with Crippen LogP contribution in [0.1, 0.15) is 45.6 Å². The summed E-state index contributed by atoms with van der Waals surface area (Å²) in [5, 5.41) is 2.92. The highest BCUT2D eigenvalue weighted by Gasteiger charge is 2.07. The highest BCUT2D eigenvalue weighted by molar-refractivity contribution is 5.77. The van der Waals surface area contributed by atoms with Gasteiger partial charge >= 0.3 is 0 Å². The van der Waals surface area contributed by atoms with Crippen LogP contribution in [0.4, 0.5) is 0 Å². The lowest BCUT2D eigenvalue weighted by molar-refractivity contribution is -0.123. The van der Waals surface area contributed by atoms with Crippen molar-refractivity contribution >= 4 is 5.91 Å². The molecule has 3 N–H and O–H groups in total. The number of amides is 1. The summed E-state index contributed by atoms with van der Waals surface area (Å²) < 4.78 is 5.49. The summed E-state index contributed by atoms with van der Waals surface area (Å²) >= 11 is 0. The Labute approximate surface area is 128 Å². The maximum atomic E-state index is 11.7. The van der Waals surface area contributed by atoms with Crippen LogP contribution in [0.2, 0.25) is 0 Å². The average Bonchev–Trinajstić information content (AvgIpc) is 2.44. The van der Waals surface area contributed by atoms with E-state index < -0.39 is 0 Å². The molecule has 0 aliphatic heterocycles. The van der Waals surface area contributed by atoms with Crippen LogP contribution < -0.4 is 15.8 Å². The number of nitrogens with one attached hydrogen (secondary N) is 1. The highest BCUT2D eigenvalue weighted by Crippen LogP contribution is 2.13. The van der Waals surface area contributed by atoms with Crippen LogP contribution in [0.5, 0.6) is 5.75 Å². The fraction of sp³-hybridized carbons (Fsp3) is 0.588. The van der Waals surface area contributed by atoms with Gasteiger partial charge in [0.1, 0.15) is 5.75 Å². The summed E-state index contributed by atoms with van der Waals surface area (Å²) in [6.07, 6.45) is 3.98. The molecule has 2 unspecified atom stereocenters. The zero-order valence-electron chi connectivity index (χ0n) is 13.4. The van der Waals surface area contributed by atoms with E-state index in [1.165, 1.54) is 5.56 Å². The second kappa shape index (κ2) is 9.40. The number of carbonyl (C=O) groups is 1. The zero-order valence-corrected chi connectivity index (χ0v) is 13.4. The molecule has 0 radical (unpaired) electrons. The lowest BCUT2D eigenvalue weighted by Crippen LogP contribution is -2.35. The van der Waals surface area contributed by atoms with Gasteiger partial charge in [0.15, 0.2) is 6.61 Å². The quantitative estimate of drug-likeness (QED) is 0.735. The number of ether oxygens (including phenoxy) is 1. The third-order valence-corrected chi connectivity index (χ3v) is 3.31. The number of carbonyl (C=O) groups excluding carboxylic acids is 1. The van der Waals surface area contributed by atoms with Gasteiger partial charge in [-0.25, -0.2) is 0 Å². The van der Waals surface area contributed by atoms with E-state index in [4.69, 9.17) is 10.5 Å². The van der Waals surface area contributed by atoms with E-state index in [1.54, 1.807) is 0 Å². The van der Waals surface area contributed by atoms with E-state index >= 15 is 0 Å². The molecule has 0 saturated carbocycles. The molecule has 0 fully saturated rings. The maximum absolute atomic E-state index is 11.7. The molecule has 0 spiro atoms. The lowest BCUT2D eigenvalue weighted by atomic mass is 10.1. The van der Waals surface area contributed by atoms with Crippen molar-refractivity contribution in [1.82, 2.24) is 5.32 Å². The average molecular weight is 292 g/mol. The van der Waals surface area contributed by atoms with Crippen LogP contribution >= 0.6 is 0 Å². The molecular weight excluding hydrogens is 264 g/mol. The third-order valence-electron chi connectivity index (χ3n) is 3.31. The van der Waals surface area contributed by atoms with Crippen molar-refractivity contribution < 1.29 is 9.53 Å². The molecule has 1 amide bonds. The Kier molecular flexibility index (Phi) is 7.83. The van der Waals surface area contributed by atoms with Gasteiger partial charge in [-0.05, 0) is 50.8 Å². The SMILES string of the molecule is CCCC(C)NC(=O)COc1ccc(CCC(C)N)cc1. The standard InChI is InChI=1S/C17H28N2O2/c1-4-5-14(3)19-17(20)12-21-16-10-8-15(9-11-16)7-6-13(2)18/h8-11,13-14H,4-7,12,18H2,1-3H3,(H,19,20). The number of benzene rings is 1. The van der Waals surface area contributed by atoms with Crippen molar-refractivity contribution in [3.8, 4) is 5.75 Å². The topological polar surface area (TPSA) is 64.3 Å². The van der Waals surface area contributed by atoms with Crippen molar-refractivity contribution in [1.29, 1.82) is 0 Å². The summed E-state index contributed by atoms with van der Waals surface area (Å²) in [7, 11) is 0. The van der Waals surface area contributed by atoms with Crippen LogP contribution in [-0.2, 0) is 11.2 Å². The third kappa shape index (κ3) is 7.71. The van der Waals surface area contributed by atoms with Crippen molar-refractivity contribution in [3.63, 3.8) is 0 Å². The van der Waals surface area contributed by atoms with Crippen molar-refractivity contribution in [2.75, 3.05) is 6.61 Å². The first kappa shape index (κ1) is 17.5. The van der Waals surface area contributed by atoms with Gasteiger partial charge in [-0.2, -0.15) is 0 Å². The minimum Gasteiger partial charge on any atom is -0.484 e. The number of hydrogen-bond acceptors (Lipinski definition) is 3. The van der Waals surface area contributed by atoms with Gasteiger partial charge in [0.25, 0.3) is 5.91 Å². The van der Waals surface area contributed by atoms with E-state index in [-0.39, 0.29) is 24.6 Å². The Bertz CT molecular complexity index is 415. The molecule has 0 saturated heterocycles. The smallest absolute Gasteiger partial charge is 0.258 e. The second-order valence-corrected chi connectivity index (χ2v) is 5.71. The van der Waals surface area contributed by atoms with E-state index in [1.807, 2.05) is 38.1 Å². The molecule has 1 rings (SSSR count). The summed E-state index contributed by atoms with van der Waals surface area (Å²) in [5.41, 5.74) is 6.98. The largest absolute Gasteiger partial charge is 0.484 e. The van der Waals surface area contributed by atoms with Crippen LogP contribution in [0.3, 0.4) is 0 Å². The number of aryl methyl sites for hydroxylation is 1. The predicted molar refractivity (Wildman–Crippen MR) is 86.4 cm³/mol. The van der Waals surface area contributed by atoms with Crippen LogP contribution in [0.25, 0.3) is 0 Å². The molecule has 0 aromatic heterocycles. The minimum absolute atomic E-state index is 0.0627. The van der Waals surface area contributed by atoms with Crippen LogP contribution in [-0.4, -0.2) is 24.6 Å². The van der Waals surface area contributed by atoms with Gasteiger partial charge < -0.3 is 15.8 Å². The maximum Gasteiger partial charge on any atom is 0.258 e. The molecule has 4 heteroatoms. The molecule has 0 bridgehead atoms. The number of hydrogen-bond donors (Lipinski definition) is 2. The summed E-state index contributed by atoms with van der Waals surface area (Å²) in [6.45, 7) is 6.18. The molecule has 1 aromatic carbocycles. The summed E-state index contributed by atoms with van der Waals surface area (Å²) in [5.74, 6) is 0.648. The second-order valence-electron chi connectivity index (χ2n) is 5.71. The first-order valence-electron chi connectivity index (χ1n) is 7.78. The summed E-state index contributed by atoms with van der Waals surface area (Å²) in [6, 6.07) is 8.27. The fourth-order valence-corrected chi connectivity index (χ4v) is 2.12. The fourth-order valence-electron chi connectivity index (χ4n) is 2.12. The first-order valence-corrected chi connectivity index (χ1v) is 7.78. The normalized spacial score (nSPS) is 13.5. The van der Waals surface area contributed by atoms with Gasteiger partial charge in [-0.3, -0.25) is 4.79 Å². The van der Waals surface area contributed by atoms with Crippen molar-refractivity contribution in [2.24, 2.45) is 5.73 Å².